The van der Waals surface area contributed by atoms with Gasteiger partial charge in [-0.1, -0.05) is 26.8 Å². The van der Waals surface area contributed by atoms with Gasteiger partial charge in [0, 0.05) is 19.1 Å². The minimum absolute atomic E-state index is 0.170. The minimum Gasteiger partial charge on any atom is -0.329 e. The first-order valence-electron chi connectivity index (χ1n) is 7.53. The Hall–Kier alpha value is -0.930. The van der Waals surface area contributed by atoms with Crippen LogP contribution in [-0.4, -0.2) is 24.5 Å². The average Bonchev–Trinajstić information content (AvgIpc) is 2.82. The van der Waals surface area contributed by atoms with Crippen molar-refractivity contribution in [3.8, 4) is 0 Å². The Labute approximate surface area is 122 Å². The summed E-state index contributed by atoms with van der Waals surface area (Å²) in [7, 11) is 0. The van der Waals surface area contributed by atoms with E-state index in [9.17, 15) is 4.39 Å². The summed E-state index contributed by atoms with van der Waals surface area (Å²) in [5.41, 5.74) is 8.52. The maximum absolute atomic E-state index is 13.3. The van der Waals surface area contributed by atoms with Crippen molar-refractivity contribution in [3.05, 3.63) is 35.1 Å². The molecular weight excluding hydrogens is 251 g/mol. The molecule has 0 saturated carbocycles. The highest BCUT2D eigenvalue weighted by atomic mass is 19.1. The molecule has 0 spiro atoms. The summed E-state index contributed by atoms with van der Waals surface area (Å²) in [5.74, 6) is 0.535. The van der Waals surface area contributed by atoms with Crippen molar-refractivity contribution in [1.82, 2.24) is 4.90 Å². The van der Waals surface area contributed by atoms with Crippen LogP contribution in [0.4, 0.5) is 4.39 Å². The summed E-state index contributed by atoms with van der Waals surface area (Å²) >= 11 is 0. The second-order valence-corrected chi connectivity index (χ2v) is 7.10. The van der Waals surface area contributed by atoms with Crippen molar-refractivity contribution in [2.24, 2.45) is 17.1 Å². The highest BCUT2D eigenvalue weighted by Crippen LogP contribution is 2.37. The summed E-state index contributed by atoms with van der Waals surface area (Å²) in [5, 5.41) is 0. The molecule has 2 nitrogen and oxygen atoms in total. The monoisotopic (exact) mass is 278 g/mol. The lowest BCUT2D eigenvalue weighted by Gasteiger charge is -2.31. The molecule has 20 heavy (non-hydrogen) atoms. The zero-order chi connectivity index (χ0) is 14.9. The van der Waals surface area contributed by atoms with E-state index < -0.39 is 0 Å². The minimum atomic E-state index is -0.170. The van der Waals surface area contributed by atoms with Crippen LogP contribution in [-0.2, 0) is 0 Å². The van der Waals surface area contributed by atoms with Crippen molar-refractivity contribution < 1.29 is 4.39 Å². The standard InChI is InChI=1S/C17H27FN2/c1-12-9-14(18)5-6-15(12)16(10-19)20-8-7-13(11-20)17(2,3)4/h5-6,9,13,16H,7-8,10-11,19H2,1-4H3. The Bertz CT molecular complexity index is 465. The van der Waals surface area contributed by atoms with Gasteiger partial charge in [-0.15, -0.1) is 0 Å². The molecule has 1 aromatic rings. The third-order valence-corrected chi connectivity index (χ3v) is 4.70. The van der Waals surface area contributed by atoms with Gasteiger partial charge in [0.1, 0.15) is 5.82 Å². The Balaban J connectivity index is 2.17. The predicted molar refractivity (Wildman–Crippen MR) is 82.1 cm³/mol. The van der Waals surface area contributed by atoms with E-state index in [0.717, 1.165) is 18.7 Å². The van der Waals surface area contributed by atoms with Gasteiger partial charge >= 0.3 is 0 Å². The van der Waals surface area contributed by atoms with Crippen molar-refractivity contribution in [2.45, 2.75) is 40.2 Å². The highest BCUT2D eigenvalue weighted by Gasteiger charge is 2.35. The third kappa shape index (κ3) is 3.21. The van der Waals surface area contributed by atoms with E-state index in [-0.39, 0.29) is 11.9 Å². The van der Waals surface area contributed by atoms with E-state index in [4.69, 9.17) is 5.73 Å². The van der Waals surface area contributed by atoms with Gasteiger partial charge in [-0.2, -0.15) is 0 Å². The number of aryl methyl sites for hydroxylation is 1. The van der Waals surface area contributed by atoms with Gasteiger partial charge in [0.25, 0.3) is 0 Å². The first-order chi connectivity index (χ1) is 9.32. The number of nitrogens with two attached hydrogens (primary N) is 1. The van der Waals surface area contributed by atoms with Crippen LogP contribution in [0.5, 0.6) is 0 Å². The molecule has 2 N–H and O–H groups in total. The number of hydrogen-bond donors (Lipinski definition) is 1. The second-order valence-electron chi connectivity index (χ2n) is 7.10. The van der Waals surface area contributed by atoms with Crippen LogP contribution in [0.15, 0.2) is 18.2 Å². The number of rotatable bonds is 3. The average molecular weight is 278 g/mol. The third-order valence-electron chi connectivity index (χ3n) is 4.70. The summed E-state index contributed by atoms with van der Waals surface area (Å²) in [6.45, 7) is 11.6. The van der Waals surface area contributed by atoms with E-state index in [1.807, 2.05) is 13.0 Å². The Morgan fingerprint density at radius 1 is 1.40 bits per heavy atom. The Morgan fingerprint density at radius 3 is 2.60 bits per heavy atom. The molecule has 1 heterocycles. The molecule has 2 atom stereocenters. The van der Waals surface area contributed by atoms with Crippen LogP contribution in [0.2, 0.25) is 0 Å². The summed E-state index contributed by atoms with van der Waals surface area (Å²) in [6, 6.07) is 5.26. The molecule has 0 aromatic heterocycles. The zero-order valence-electron chi connectivity index (χ0n) is 13.1. The van der Waals surface area contributed by atoms with Gasteiger partial charge in [-0.25, -0.2) is 4.39 Å². The zero-order valence-corrected chi connectivity index (χ0v) is 13.1. The largest absolute Gasteiger partial charge is 0.329 e. The molecule has 3 heteroatoms. The molecule has 0 aliphatic carbocycles. The van der Waals surface area contributed by atoms with Crippen molar-refractivity contribution in [3.63, 3.8) is 0 Å². The quantitative estimate of drug-likeness (QED) is 0.917. The maximum Gasteiger partial charge on any atom is 0.123 e. The fourth-order valence-corrected chi connectivity index (χ4v) is 3.26. The van der Waals surface area contributed by atoms with E-state index in [1.165, 1.54) is 12.0 Å². The number of likely N-dealkylation sites (tertiary alicyclic amines) is 1. The summed E-state index contributed by atoms with van der Waals surface area (Å²) in [4.78, 5) is 2.47. The van der Waals surface area contributed by atoms with Crippen molar-refractivity contribution in [2.75, 3.05) is 19.6 Å². The smallest absolute Gasteiger partial charge is 0.123 e. The maximum atomic E-state index is 13.3. The van der Waals surface area contributed by atoms with E-state index in [1.54, 1.807) is 12.1 Å². The lowest BCUT2D eigenvalue weighted by Crippen LogP contribution is -2.34. The normalized spacial score (nSPS) is 22.2. The lowest BCUT2D eigenvalue weighted by atomic mass is 9.80. The molecular formula is C17H27FN2. The fourth-order valence-electron chi connectivity index (χ4n) is 3.26. The molecule has 0 amide bonds. The number of nitrogens with zero attached hydrogens (tertiary/aromatic N) is 1. The predicted octanol–water partition coefficient (Wildman–Crippen LogP) is 3.50. The van der Waals surface area contributed by atoms with Gasteiger partial charge in [-0.05, 0) is 54.5 Å². The first kappa shape index (κ1) is 15.5. The lowest BCUT2D eigenvalue weighted by molar-refractivity contribution is 0.197. The molecule has 1 fully saturated rings. The molecule has 2 unspecified atom stereocenters. The molecule has 1 aliphatic heterocycles. The van der Waals surface area contributed by atoms with Crippen LogP contribution in [0.3, 0.4) is 0 Å². The number of benzene rings is 1. The van der Waals surface area contributed by atoms with Gasteiger partial charge in [0.2, 0.25) is 0 Å². The van der Waals surface area contributed by atoms with Crippen molar-refractivity contribution >= 4 is 0 Å². The van der Waals surface area contributed by atoms with E-state index in [2.05, 4.69) is 25.7 Å². The molecule has 0 bridgehead atoms. The van der Waals surface area contributed by atoms with Gasteiger partial charge in [-0.3, -0.25) is 4.90 Å². The molecule has 0 radical (unpaired) electrons. The van der Waals surface area contributed by atoms with E-state index in [0.29, 0.717) is 17.9 Å². The molecule has 1 saturated heterocycles. The van der Waals surface area contributed by atoms with Crippen LogP contribution < -0.4 is 5.73 Å². The number of halogens is 1. The number of hydrogen-bond acceptors (Lipinski definition) is 2. The molecule has 1 aliphatic rings. The highest BCUT2D eigenvalue weighted by molar-refractivity contribution is 5.30. The second kappa shape index (κ2) is 5.82. The Morgan fingerprint density at radius 2 is 2.10 bits per heavy atom. The van der Waals surface area contributed by atoms with Crippen LogP contribution in [0.25, 0.3) is 0 Å². The molecule has 2 rings (SSSR count). The Kier molecular flexibility index (Phi) is 4.50. The summed E-state index contributed by atoms with van der Waals surface area (Å²) in [6.07, 6.45) is 1.22. The van der Waals surface area contributed by atoms with Crippen LogP contribution in [0.1, 0.15) is 44.4 Å². The van der Waals surface area contributed by atoms with Crippen LogP contribution in [0, 0.1) is 24.1 Å². The molecule has 112 valence electrons. The SMILES string of the molecule is Cc1cc(F)ccc1C(CN)N1CCC(C(C)(C)C)C1. The van der Waals surface area contributed by atoms with E-state index >= 15 is 0 Å². The van der Waals surface area contributed by atoms with Crippen LogP contribution >= 0.6 is 0 Å². The topological polar surface area (TPSA) is 29.3 Å². The molecule has 1 aromatic carbocycles. The van der Waals surface area contributed by atoms with Gasteiger partial charge in [0.05, 0.1) is 0 Å². The van der Waals surface area contributed by atoms with Gasteiger partial charge < -0.3 is 5.73 Å². The fraction of sp³-hybridized carbons (Fsp3) is 0.647. The van der Waals surface area contributed by atoms with Crippen molar-refractivity contribution in [1.29, 1.82) is 0 Å². The first-order valence-corrected chi connectivity index (χ1v) is 7.53. The summed E-state index contributed by atoms with van der Waals surface area (Å²) < 4.78 is 13.3. The van der Waals surface area contributed by atoms with Gasteiger partial charge in [0.15, 0.2) is 0 Å².